The number of carbonyl (C=O) groups excluding carboxylic acids is 1. The van der Waals surface area contributed by atoms with Gasteiger partial charge in [0.2, 0.25) is 5.89 Å². The van der Waals surface area contributed by atoms with Gasteiger partial charge < -0.3 is 15.1 Å². The van der Waals surface area contributed by atoms with E-state index in [4.69, 9.17) is 4.42 Å². The number of hydrogen-bond acceptors (Lipinski definition) is 8. The Balaban J connectivity index is 1.36. The molecule has 9 nitrogen and oxygen atoms in total. The second-order valence-corrected chi connectivity index (χ2v) is 8.02. The fraction of sp³-hybridized carbons (Fsp3) is 0.0435. The molecule has 0 saturated heterocycles. The molecule has 2 amide bonds. The lowest BCUT2D eigenvalue weighted by atomic mass is 10.2. The number of hydrogen-bond donors (Lipinski definition) is 2. The molecule has 162 valence electrons. The smallest absolute Gasteiger partial charge is 0.323 e. The SMILES string of the molecule is Cc1cccc(NC(=O)Nc2ccc3ncnc(Sc4nnc(-c5cccnc5)o4)c3c2)c1. The minimum atomic E-state index is -0.344. The van der Waals surface area contributed by atoms with Gasteiger partial charge in [-0.2, -0.15) is 0 Å². The summed E-state index contributed by atoms with van der Waals surface area (Å²) in [5.41, 5.74) is 3.84. The molecule has 0 aliphatic heterocycles. The van der Waals surface area contributed by atoms with E-state index in [1.165, 1.54) is 18.1 Å². The molecule has 0 saturated carbocycles. The Kier molecular flexibility index (Phi) is 5.64. The van der Waals surface area contributed by atoms with Gasteiger partial charge in [0.1, 0.15) is 11.4 Å². The molecular weight excluding hydrogens is 438 g/mol. The zero-order valence-corrected chi connectivity index (χ0v) is 18.2. The Labute approximate surface area is 192 Å². The first kappa shape index (κ1) is 20.6. The van der Waals surface area contributed by atoms with Crippen LogP contribution in [0.15, 0.2) is 88.0 Å². The number of aromatic nitrogens is 5. The lowest BCUT2D eigenvalue weighted by Gasteiger charge is -2.09. The Morgan fingerprint density at radius 3 is 2.67 bits per heavy atom. The van der Waals surface area contributed by atoms with E-state index in [0.29, 0.717) is 27.5 Å². The van der Waals surface area contributed by atoms with Crippen molar-refractivity contribution in [2.24, 2.45) is 0 Å². The molecule has 0 bridgehead atoms. The minimum absolute atomic E-state index is 0.337. The molecule has 0 aliphatic rings. The van der Waals surface area contributed by atoms with Crippen molar-refractivity contribution in [2.45, 2.75) is 17.2 Å². The molecule has 0 radical (unpaired) electrons. The van der Waals surface area contributed by atoms with Crippen LogP contribution >= 0.6 is 11.8 Å². The summed E-state index contributed by atoms with van der Waals surface area (Å²) in [6, 6.07) is 16.3. The molecule has 0 fully saturated rings. The molecule has 2 aromatic carbocycles. The summed E-state index contributed by atoms with van der Waals surface area (Å²) < 4.78 is 5.75. The van der Waals surface area contributed by atoms with Crippen molar-refractivity contribution in [3.8, 4) is 11.5 Å². The first-order valence-electron chi connectivity index (χ1n) is 9.95. The van der Waals surface area contributed by atoms with Crippen LogP contribution in [0.2, 0.25) is 0 Å². The third-order valence-electron chi connectivity index (χ3n) is 4.63. The van der Waals surface area contributed by atoms with Crippen molar-refractivity contribution in [1.29, 1.82) is 0 Å². The van der Waals surface area contributed by atoms with E-state index >= 15 is 0 Å². The highest BCUT2D eigenvalue weighted by atomic mass is 32.2. The maximum atomic E-state index is 12.4. The highest BCUT2D eigenvalue weighted by Crippen LogP contribution is 2.33. The number of rotatable bonds is 5. The topological polar surface area (TPSA) is 119 Å². The van der Waals surface area contributed by atoms with Crippen molar-refractivity contribution in [2.75, 3.05) is 10.6 Å². The fourth-order valence-electron chi connectivity index (χ4n) is 3.15. The Morgan fingerprint density at radius 1 is 0.970 bits per heavy atom. The molecule has 3 aromatic heterocycles. The van der Waals surface area contributed by atoms with Crippen LogP contribution in [0.1, 0.15) is 5.56 Å². The van der Waals surface area contributed by atoms with Gasteiger partial charge in [0.25, 0.3) is 5.22 Å². The standard InChI is InChI=1S/C23H17N7O2S/c1-14-4-2-6-16(10-14)27-22(31)28-17-7-8-19-18(11-17)21(26-13-25-19)33-23-30-29-20(32-23)15-5-3-9-24-12-15/h2-13H,1H3,(H2,27,28,31). The van der Waals surface area contributed by atoms with Gasteiger partial charge in [-0.05, 0) is 66.7 Å². The van der Waals surface area contributed by atoms with Crippen molar-refractivity contribution in [1.82, 2.24) is 25.1 Å². The second kappa shape index (κ2) is 9.05. The summed E-state index contributed by atoms with van der Waals surface area (Å²) in [6.45, 7) is 1.97. The van der Waals surface area contributed by atoms with E-state index in [1.54, 1.807) is 24.5 Å². The van der Waals surface area contributed by atoms with Gasteiger partial charge in [-0.3, -0.25) is 4.98 Å². The lowest BCUT2D eigenvalue weighted by Crippen LogP contribution is -2.19. The molecule has 0 unspecified atom stereocenters. The molecule has 33 heavy (non-hydrogen) atoms. The van der Waals surface area contributed by atoms with Gasteiger partial charge in [-0.25, -0.2) is 14.8 Å². The van der Waals surface area contributed by atoms with Gasteiger partial charge in [0.05, 0.1) is 11.1 Å². The maximum absolute atomic E-state index is 12.4. The molecule has 5 rings (SSSR count). The average molecular weight is 456 g/mol. The lowest BCUT2D eigenvalue weighted by molar-refractivity contribution is 0.262. The number of nitrogens with zero attached hydrogens (tertiary/aromatic N) is 5. The van der Waals surface area contributed by atoms with E-state index in [0.717, 1.165) is 22.0 Å². The summed E-state index contributed by atoms with van der Waals surface area (Å²) in [4.78, 5) is 25.2. The number of anilines is 2. The summed E-state index contributed by atoms with van der Waals surface area (Å²) in [5.74, 6) is 0.374. The molecule has 3 heterocycles. The van der Waals surface area contributed by atoms with Crippen molar-refractivity contribution < 1.29 is 9.21 Å². The number of amides is 2. The number of fused-ring (bicyclic) bond motifs is 1. The quantitative estimate of drug-likeness (QED) is 0.348. The average Bonchev–Trinajstić information content (AvgIpc) is 3.29. The molecule has 0 spiro atoms. The van der Waals surface area contributed by atoms with Crippen LogP contribution < -0.4 is 10.6 Å². The first-order chi connectivity index (χ1) is 16.1. The maximum Gasteiger partial charge on any atom is 0.323 e. The number of aryl methyl sites for hydroxylation is 1. The van der Waals surface area contributed by atoms with E-state index < -0.39 is 0 Å². The number of nitrogens with one attached hydrogen (secondary N) is 2. The summed E-state index contributed by atoms with van der Waals surface area (Å²) in [7, 11) is 0. The summed E-state index contributed by atoms with van der Waals surface area (Å²) >= 11 is 1.22. The Morgan fingerprint density at radius 2 is 1.85 bits per heavy atom. The van der Waals surface area contributed by atoms with Crippen LogP contribution in [-0.4, -0.2) is 31.2 Å². The van der Waals surface area contributed by atoms with Crippen molar-refractivity contribution in [3.63, 3.8) is 0 Å². The monoisotopic (exact) mass is 455 g/mol. The van der Waals surface area contributed by atoms with Crippen LogP contribution in [0.3, 0.4) is 0 Å². The summed E-state index contributed by atoms with van der Waals surface area (Å²) in [5, 5.41) is 15.6. The summed E-state index contributed by atoms with van der Waals surface area (Å²) in [6.07, 6.45) is 4.80. The minimum Gasteiger partial charge on any atom is -0.411 e. The van der Waals surface area contributed by atoms with Crippen molar-refractivity contribution >= 4 is 40.1 Å². The van der Waals surface area contributed by atoms with E-state index in [2.05, 4.69) is 35.8 Å². The van der Waals surface area contributed by atoms with E-state index in [-0.39, 0.29) is 6.03 Å². The predicted molar refractivity (Wildman–Crippen MR) is 125 cm³/mol. The predicted octanol–water partition coefficient (Wildman–Crippen LogP) is 5.18. The van der Waals surface area contributed by atoms with Crippen molar-refractivity contribution in [3.05, 3.63) is 78.9 Å². The number of pyridine rings is 1. The molecule has 10 heteroatoms. The largest absolute Gasteiger partial charge is 0.411 e. The number of benzene rings is 2. The molecule has 0 aliphatic carbocycles. The number of urea groups is 1. The third-order valence-corrected chi connectivity index (χ3v) is 5.49. The van der Waals surface area contributed by atoms with Gasteiger partial charge in [0, 0.05) is 29.2 Å². The molecule has 0 atom stereocenters. The number of carbonyl (C=O) groups is 1. The molecule has 5 aromatic rings. The first-order valence-corrected chi connectivity index (χ1v) is 10.8. The van der Waals surface area contributed by atoms with Gasteiger partial charge in [-0.15, -0.1) is 10.2 Å². The van der Waals surface area contributed by atoms with Gasteiger partial charge in [0.15, 0.2) is 0 Å². The Bertz CT molecular complexity index is 1440. The van der Waals surface area contributed by atoms with Crippen LogP contribution in [0.5, 0.6) is 0 Å². The van der Waals surface area contributed by atoms with Crippen LogP contribution in [-0.2, 0) is 0 Å². The fourth-order valence-corrected chi connectivity index (χ4v) is 3.89. The van der Waals surface area contributed by atoms with Crippen LogP contribution in [0, 0.1) is 6.92 Å². The van der Waals surface area contributed by atoms with Gasteiger partial charge >= 0.3 is 6.03 Å². The highest BCUT2D eigenvalue weighted by molar-refractivity contribution is 7.99. The van der Waals surface area contributed by atoms with Crippen LogP contribution in [0.25, 0.3) is 22.4 Å². The third kappa shape index (κ3) is 4.80. The van der Waals surface area contributed by atoms with Crippen LogP contribution in [0.4, 0.5) is 16.2 Å². The zero-order valence-electron chi connectivity index (χ0n) is 17.4. The second-order valence-electron chi connectivity index (χ2n) is 7.08. The molecular formula is C23H17N7O2S. The zero-order chi connectivity index (χ0) is 22.6. The van der Waals surface area contributed by atoms with Gasteiger partial charge in [-0.1, -0.05) is 12.1 Å². The normalized spacial score (nSPS) is 10.8. The van der Waals surface area contributed by atoms with E-state index in [1.807, 2.05) is 49.4 Å². The molecule has 2 N–H and O–H groups in total. The highest BCUT2D eigenvalue weighted by Gasteiger charge is 2.14. The van der Waals surface area contributed by atoms with E-state index in [9.17, 15) is 4.79 Å². The Hall–Kier alpha value is -4.31.